The number of rotatable bonds is 3. The van der Waals surface area contributed by atoms with E-state index in [0.29, 0.717) is 13.2 Å². The van der Waals surface area contributed by atoms with Crippen LogP contribution in [0.25, 0.3) is 0 Å². The second kappa shape index (κ2) is 4.20. The number of hydroxylamine groups is 2. The lowest BCUT2D eigenvalue weighted by atomic mass is 10.2. The number of nitrogens with two attached hydrogens (primary N) is 2. The average molecular weight is 187 g/mol. The minimum atomic E-state index is -0.879. The molecule has 13 heavy (non-hydrogen) atoms. The van der Waals surface area contributed by atoms with E-state index >= 15 is 0 Å². The maximum atomic E-state index is 11.3. The van der Waals surface area contributed by atoms with Crippen LogP contribution in [-0.4, -0.2) is 36.1 Å². The minimum Gasteiger partial charge on any atom is -0.370 e. The molecule has 0 aliphatic carbocycles. The van der Waals surface area contributed by atoms with Gasteiger partial charge in [0.15, 0.2) is 0 Å². The third kappa shape index (κ3) is 2.67. The predicted octanol–water partition coefficient (Wildman–Crippen LogP) is -1.65. The lowest BCUT2D eigenvalue weighted by Gasteiger charge is -2.17. The summed E-state index contributed by atoms with van der Waals surface area (Å²) in [6.45, 7) is 1.06. The van der Waals surface area contributed by atoms with E-state index in [1.54, 1.807) is 0 Å². The van der Waals surface area contributed by atoms with Gasteiger partial charge in [-0.05, 0) is 6.42 Å². The topological polar surface area (TPSA) is 98.7 Å². The zero-order chi connectivity index (χ0) is 9.84. The summed E-state index contributed by atoms with van der Waals surface area (Å²) in [6, 6.07) is -0.879. The third-order valence-electron chi connectivity index (χ3n) is 1.74. The fourth-order valence-corrected chi connectivity index (χ4v) is 1.11. The van der Waals surface area contributed by atoms with E-state index in [-0.39, 0.29) is 12.3 Å². The lowest BCUT2D eigenvalue weighted by molar-refractivity contribution is -0.170. The number of amides is 2. The molecule has 1 unspecified atom stereocenters. The van der Waals surface area contributed by atoms with Gasteiger partial charge >= 0.3 is 0 Å². The van der Waals surface area contributed by atoms with Crippen molar-refractivity contribution in [1.82, 2.24) is 5.06 Å². The van der Waals surface area contributed by atoms with Crippen molar-refractivity contribution in [3.63, 3.8) is 0 Å². The van der Waals surface area contributed by atoms with Crippen molar-refractivity contribution in [1.29, 1.82) is 0 Å². The molecule has 1 rings (SSSR count). The first-order valence-electron chi connectivity index (χ1n) is 4.09. The van der Waals surface area contributed by atoms with E-state index in [9.17, 15) is 9.59 Å². The minimum absolute atomic E-state index is 0.140. The maximum absolute atomic E-state index is 11.3. The molecule has 0 bridgehead atoms. The van der Waals surface area contributed by atoms with Crippen LogP contribution < -0.4 is 11.5 Å². The van der Waals surface area contributed by atoms with Crippen LogP contribution in [-0.2, 0) is 14.4 Å². The van der Waals surface area contributed by atoms with Gasteiger partial charge in [-0.1, -0.05) is 0 Å². The van der Waals surface area contributed by atoms with Crippen molar-refractivity contribution in [3.05, 3.63) is 0 Å². The summed E-state index contributed by atoms with van der Waals surface area (Å²) in [5.74, 6) is -0.962. The number of carbonyl (C=O) groups excluding carboxylic acids is 2. The monoisotopic (exact) mass is 187 g/mol. The van der Waals surface area contributed by atoms with Gasteiger partial charge in [-0.25, -0.2) is 5.06 Å². The molecule has 2 amide bonds. The molecule has 6 nitrogen and oxygen atoms in total. The Labute approximate surface area is 75.8 Å². The zero-order valence-corrected chi connectivity index (χ0v) is 7.23. The van der Waals surface area contributed by atoms with Gasteiger partial charge in [0.2, 0.25) is 5.91 Å². The highest BCUT2D eigenvalue weighted by molar-refractivity contribution is 5.87. The van der Waals surface area contributed by atoms with E-state index in [1.807, 2.05) is 0 Å². The Hall–Kier alpha value is -1.14. The molecule has 0 aromatic carbocycles. The highest BCUT2D eigenvalue weighted by Crippen LogP contribution is 2.06. The first kappa shape index (κ1) is 9.94. The van der Waals surface area contributed by atoms with E-state index in [1.165, 1.54) is 5.06 Å². The summed E-state index contributed by atoms with van der Waals surface area (Å²) in [4.78, 5) is 26.8. The average Bonchev–Trinajstić information content (AvgIpc) is 2.53. The van der Waals surface area contributed by atoms with Crippen molar-refractivity contribution in [2.75, 3.05) is 13.2 Å². The Kier molecular flexibility index (Phi) is 3.21. The third-order valence-corrected chi connectivity index (χ3v) is 1.74. The van der Waals surface area contributed by atoms with Crippen molar-refractivity contribution in [3.8, 4) is 0 Å². The molecule has 74 valence electrons. The molecule has 4 N–H and O–H groups in total. The van der Waals surface area contributed by atoms with Crippen molar-refractivity contribution >= 4 is 11.8 Å². The molecular formula is C7H13N3O3. The first-order valence-corrected chi connectivity index (χ1v) is 4.09. The second-order valence-corrected chi connectivity index (χ2v) is 2.90. The fraction of sp³-hybridized carbons (Fsp3) is 0.714. The number of primary amides is 1. The molecule has 0 saturated carbocycles. The van der Waals surface area contributed by atoms with E-state index in [2.05, 4.69) is 0 Å². The molecule has 6 heteroatoms. The Morgan fingerprint density at radius 1 is 1.54 bits per heavy atom. The summed E-state index contributed by atoms with van der Waals surface area (Å²) in [5.41, 5.74) is 10.3. The van der Waals surface area contributed by atoms with Gasteiger partial charge in [0.05, 0.1) is 25.6 Å². The molecule has 0 spiro atoms. The highest BCUT2D eigenvalue weighted by Gasteiger charge is 2.25. The van der Waals surface area contributed by atoms with Crippen LogP contribution in [0.15, 0.2) is 0 Å². The fourth-order valence-electron chi connectivity index (χ4n) is 1.11. The molecular weight excluding hydrogens is 174 g/mol. The second-order valence-electron chi connectivity index (χ2n) is 2.90. The number of nitrogens with zero attached hydrogens (tertiary/aromatic N) is 1. The Bertz CT molecular complexity index is 213. The van der Waals surface area contributed by atoms with E-state index in [0.717, 1.165) is 6.42 Å². The summed E-state index contributed by atoms with van der Waals surface area (Å²) >= 11 is 0. The number of hydrogen-bond donors (Lipinski definition) is 2. The Morgan fingerprint density at radius 3 is 2.69 bits per heavy atom. The molecule has 1 saturated heterocycles. The van der Waals surface area contributed by atoms with Gasteiger partial charge in [-0.3, -0.25) is 14.4 Å². The van der Waals surface area contributed by atoms with Gasteiger partial charge in [0, 0.05) is 0 Å². The summed E-state index contributed by atoms with van der Waals surface area (Å²) in [7, 11) is 0. The van der Waals surface area contributed by atoms with Gasteiger partial charge in [-0.15, -0.1) is 0 Å². The lowest BCUT2D eigenvalue weighted by Crippen LogP contribution is -2.43. The normalized spacial score (nSPS) is 18.7. The van der Waals surface area contributed by atoms with Crippen LogP contribution >= 0.6 is 0 Å². The Balaban J connectivity index is 2.41. The standard InChI is InChI=1S/C7H13N3O3/c8-5(4-6(9)11)7(12)10-2-1-3-13-10/h5H,1-4,8H2,(H2,9,11). The maximum Gasteiger partial charge on any atom is 0.263 e. The predicted molar refractivity (Wildman–Crippen MR) is 44.1 cm³/mol. The first-order chi connectivity index (χ1) is 6.11. The van der Waals surface area contributed by atoms with Gasteiger partial charge in [0.1, 0.15) is 0 Å². The molecule has 1 fully saturated rings. The van der Waals surface area contributed by atoms with Crippen molar-refractivity contribution < 1.29 is 14.4 Å². The van der Waals surface area contributed by atoms with Gasteiger partial charge in [-0.2, -0.15) is 0 Å². The molecule has 1 heterocycles. The van der Waals surface area contributed by atoms with Crippen molar-refractivity contribution in [2.24, 2.45) is 11.5 Å². The molecule has 0 aromatic rings. The summed E-state index contributed by atoms with van der Waals surface area (Å²) in [5, 5.41) is 1.19. The largest absolute Gasteiger partial charge is 0.370 e. The van der Waals surface area contributed by atoms with Crippen LogP contribution in [0, 0.1) is 0 Å². The highest BCUT2D eigenvalue weighted by atomic mass is 16.7. The summed E-state index contributed by atoms with van der Waals surface area (Å²) in [6.07, 6.45) is 0.660. The molecule has 1 aliphatic rings. The van der Waals surface area contributed by atoms with Crippen LogP contribution in [0.1, 0.15) is 12.8 Å². The molecule has 1 atom stereocenters. The van der Waals surface area contributed by atoms with Crippen molar-refractivity contribution in [2.45, 2.75) is 18.9 Å². The van der Waals surface area contributed by atoms with Crippen LogP contribution in [0.4, 0.5) is 0 Å². The molecule has 0 radical (unpaired) electrons. The molecule has 0 aromatic heterocycles. The van der Waals surface area contributed by atoms with E-state index in [4.69, 9.17) is 16.3 Å². The Morgan fingerprint density at radius 2 is 2.23 bits per heavy atom. The summed E-state index contributed by atoms with van der Waals surface area (Å²) < 4.78 is 0. The van der Waals surface area contributed by atoms with Crippen LogP contribution in [0.3, 0.4) is 0 Å². The van der Waals surface area contributed by atoms with Gasteiger partial charge < -0.3 is 11.5 Å². The molecule has 1 aliphatic heterocycles. The smallest absolute Gasteiger partial charge is 0.263 e. The zero-order valence-electron chi connectivity index (χ0n) is 7.23. The van der Waals surface area contributed by atoms with E-state index < -0.39 is 11.9 Å². The van der Waals surface area contributed by atoms with Crippen LogP contribution in [0.2, 0.25) is 0 Å². The number of carbonyl (C=O) groups is 2. The SMILES string of the molecule is NC(=O)CC(N)C(=O)N1CCCO1. The quantitative estimate of drug-likeness (QED) is 0.553. The van der Waals surface area contributed by atoms with Gasteiger partial charge in [0.25, 0.3) is 5.91 Å². The van der Waals surface area contributed by atoms with Crippen LogP contribution in [0.5, 0.6) is 0 Å². The number of hydrogen-bond acceptors (Lipinski definition) is 4.